The molecule has 0 aliphatic carbocycles. The standard InChI is InChI=1S/C13H17ClN2O4S/c14-11-2-1-3-12(10-11)21(18,19)15-5-4-13(17)16-6-8-20-9-7-16/h1-3,10,15H,4-9H2. The Morgan fingerprint density at radius 3 is 2.71 bits per heavy atom. The molecule has 6 nitrogen and oxygen atoms in total. The van der Waals surface area contributed by atoms with Gasteiger partial charge in [0.05, 0.1) is 18.1 Å². The molecule has 1 aromatic carbocycles. The van der Waals surface area contributed by atoms with Crippen molar-refractivity contribution < 1.29 is 17.9 Å². The Balaban J connectivity index is 1.86. The van der Waals surface area contributed by atoms with Crippen molar-refractivity contribution in [1.29, 1.82) is 0 Å². The van der Waals surface area contributed by atoms with Crippen LogP contribution >= 0.6 is 11.6 Å². The monoisotopic (exact) mass is 332 g/mol. The molecule has 0 atom stereocenters. The lowest BCUT2D eigenvalue weighted by Crippen LogP contribution is -2.42. The fourth-order valence-electron chi connectivity index (χ4n) is 1.98. The number of morpholine rings is 1. The van der Waals surface area contributed by atoms with Crippen LogP contribution in [0, 0.1) is 0 Å². The fraction of sp³-hybridized carbons (Fsp3) is 0.462. The molecule has 1 heterocycles. The van der Waals surface area contributed by atoms with E-state index < -0.39 is 10.0 Å². The van der Waals surface area contributed by atoms with Crippen LogP contribution in [0.4, 0.5) is 0 Å². The number of nitrogens with one attached hydrogen (secondary N) is 1. The summed E-state index contributed by atoms with van der Waals surface area (Å²) in [6, 6.07) is 5.99. The van der Waals surface area contributed by atoms with Crippen LogP contribution in [0.1, 0.15) is 6.42 Å². The van der Waals surface area contributed by atoms with Crippen LogP contribution in [0.5, 0.6) is 0 Å². The van der Waals surface area contributed by atoms with E-state index in [1.807, 2.05) is 0 Å². The summed E-state index contributed by atoms with van der Waals surface area (Å²) in [6.07, 6.45) is 0.125. The first-order valence-corrected chi connectivity index (χ1v) is 8.46. The number of rotatable bonds is 5. The molecule has 1 N–H and O–H groups in total. The van der Waals surface area contributed by atoms with Crippen LogP contribution in [0.15, 0.2) is 29.2 Å². The number of amides is 1. The molecule has 1 saturated heterocycles. The van der Waals surface area contributed by atoms with Crippen molar-refractivity contribution in [3.8, 4) is 0 Å². The third-order valence-electron chi connectivity index (χ3n) is 3.10. The van der Waals surface area contributed by atoms with Gasteiger partial charge in [-0.1, -0.05) is 17.7 Å². The zero-order valence-electron chi connectivity index (χ0n) is 11.4. The number of nitrogens with zero attached hydrogens (tertiary/aromatic N) is 1. The molecule has 21 heavy (non-hydrogen) atoms. The number of hydrogen-bond donors (Lipinski definition) is 1. The largest absolute Gasteiger partial charge is 0.378 e. The SMILES string of the molecule is O=C(CCNS(=O)(=O)c1cccc(Cl)c1)N1CCOCC1. The van der Waals surface area contributed by atoms with Gasteiger partial charge in [-0.05, 0) is 18.2 Å². The summed E-state index contributed by atoms with van der Waals surface area (Å²) in [6.45, 7) is 2.23. The van der Waals surface area contributed by atoms with E-state index >= 15 is 0 Å². The van der Waals surface area contributed by atoms with E-state index in [0.29, 0.717) is 31.3 Å². The summed E-state index contributed by atoms with van der Waals surface area (Å²) >= 11 is 5.77. The van der Waals surface area contributed by atoms with Crippen molar-refractivity contribution in [2.24, 2.45) is 0 Å². The highest BCUT2D eigenvalue weighted by Crippen LogP contribution is 2.15. The van der Waals surface area contributed by atoms with Crippen LogP contribution in [0.3, 0.4) is 0 Å². The van der Waals surface area contributed by atoms with Crippen molar-refractivity contribution in [3.63, 3.8) is 0 Å². The maximum absolute atomic E-state index is 12.0. The molecule has 0 bridgehead atoms. The van der Waals surface area contributed by atoms with E-state index in [1.165, 1.54) is 12.1 Å². The summed E-state index contributed by atoms with van der Waals surface area (Å²) in [7, 11) is -3.64. The van der Waals surface area contributed by atoms with Crippen LogP contribution in [0.25, 0.3) is 0 Å². The molecule has 0 aromatic heterocycles. The Morgan fingerprint density at radius 1 is 1.33 bits per heavy atom. The summed E-state index contributed by atoms with van der Waals surface area (Å²) in [5.41, 5.74) is 0. The number of carbonyl (C=O) groups is 1. The van der Waals surface area contributed by atoms with Crippen molar-refractivity contribution in [3.05, 3.63) is 29.3 Å². The molecule has 1 aromatic rings. The first-order valence-electron chi connectivity index (χ1n) is 6.60. The zero-order chi connectivity index (χ0) is 15.3. The highest BCUT2D eigenvalue weighted by atomic mass is 35.5. The van der Waals surface area contributed by atoms with Gasteiger partial charge in [-0.25, -0.2) is 13.1 Å². The number of benzene rings is 1. The maximum atomic E-state index is 12.0. The van der Waals surface area contributed by atoms with Gasteiger partial charge in [0.1, 0.15) is 0 Å². The number of sulfonamides is 1. The maximum Gasteiger partial charge on any atom is 0.240 e. The van der Waals surface area contributed by atoms with Gasteiger partial charge >= 0.3 is 0 Å². The first kappa shape index (κ1) is 16.2. The smallest absolute Gasteiger partial charge is 0.240 e. The summed E-state index contributed by atoms with van der Waals surface area (Å²) < 4.78 is 31.6. The molecule has 0 spiro atoms. The molecule has 1 amide bonds. The Hall–Kier alpha value is -1.15. The molecule has 0 unspecified atom stereocenters. The second-order valence-corrected chi connectivity index (χ2v) is 6.80. The van der Waals surface area contributed by atoms with E-state index in [1.54, 1.807) is 17.0 Å². The normalized spacial score (nSPS) is 16.0. The number of carbonyl (C=O) groups excluding carboxylic acids is 1. The zero-order valence-corrected chi connectivity index (χ0v) is 13.0. The average molecular weight is 333 g/mol. The molecule has 1 aliphatic heterocycles. The van der Waals surface area contributed by atoms with Crippen LogP contribution in [-0.4, -0.2) is 52.1 Å². The van der Waals surface area contributed by atoms with E-state index in [2.05, 4.69) is 4.72 Å². The number of halogens is 1. The quantitative estimate of drug-likeness (QED) is 0.868. The van der Waals surface area contributed by atoms with Crippen molar-refractivity contribution in [2.45, 2.75) is 11.3 Å². The third kappa shape index (κ3) is 4.67. The molecular formula is C13H17ClN2O4S. The van der Waals surface area contributed by atoms with E-state index in [0.717, 1.165) is 0 Å². The molecule has 116 valence electrons. The minimum absolute atomic E-state index is 0.0606. The Kier molecular flexibility index (Phi) is 5.58. The van der Waals surface area contributed by atoms with Crippen molar-refractivity contribution >= 4 is 27.5 Å². The van der Waals surface area contributed by atoms with Crippen molar-refractivity contribution in [2.75, 3.05) is 32.8 Å². The second kappa shape index (κ2) is 7.22. The number of ether oxygens (including phenoxy) is 1. The van der Waals surface area contributed by atoms with Gasteiger partial charge in [0.15, 0.2) is 0 Å². The van der Waals surface area contributed by atoms with Gasteiger partial charge in [-0.2, -0.15) is 0 Å². The molecule has 1 fully saturated rings. The highest BCUT2D eigenvalue weighted by molar-refractivity contribution is 7.89. The molecule has 2 rings (SSSR count). The first-order chi connectivity index (χ1) is 9.99. The predicted octanol–water partition coefficient (Wildman–Crippen LogP) is 0.867. The minimum Gasteiger partial charge on any atom is -0.378 e. The molecular weight excluding hydrogens is 316 g/mol. The van der Waals surface area contributed by atoms with Crippen molar-refractivity contribution in [1.82, 2.24) is 9.62 Å². The molecule has 8 heteroatoms. The predicted molar refractivity (Wildman–Crippen MR) is 78.7 cm³/mol. The van der Waals surface area contributed by atoms with E-state index in [4.69, 9.17) is 16.3 Å². The van der Waals surface area contributed by atoms with E-state index in [9.17, 15) is 13.2 Å². The fourth-order valence-corrected chi connectivity index (χ4v) is 3.31. The molecule has 0 saturated carbocycles. The minimum atomic E-state index is -3.64. The van der Waals surface area contributed by atoms with Gasteiger partial charge in [0, 0.05) is 31.1 Å². The summed E-state index contributed by atoms with van der Waals surface area (Å²) in [4.78, 5) is 13.7. The van der Waals surface area contributed by atoms with Gasteiger partial charge in [0.25, 0.3) is 0 Å². The van der Waals surface area contributed by atoms with Crippen LogP contribution in [-0.2, 0) is 19.6 Å². The van der Waals surface area contributed by atoms with Gasteiger partial charge in [-0.3, -0.25) is 4.79 Å². The summed E-state index contributed by atoms with van der Waals surface area (Å²) in [5, 5.41) is 0.349. The highest BCUT2D eigenvalue weighted by Gasteiger charge is 2.18. The lowest BCUT2D eigenvalue weighted by molar-refractivity contribution is -0.135. The Labute approximate surface area is 129 Å². The topological polar surface area (TPSA) is 75.7 Å². The Bertz CT molecular complexity index is 600. The van der Waals surface area contributed by atoms with Gasteiger partial charge < -0.3 is 9.64 Å². The third-order valence-corrected chi connectivity index (χ3v) is 4.79. The number of hydrogen-bond acceptors (Lipinski definition) is 4. The average Bonchev–Trinajstić information content (AvgIpc) is 2.48. The van der Waals surface area contributed by atoms with Gasteiger partial charge in [-0.15, -0.1) is 0 Å². The lowest BCUT2D eigenvalue weighted by atomic mass is 10.3. The second-order valence-electron chi connectivity index (χ2n) is 4.60. The lowest BCUT2D eigenvalue weighted by Gasteiger charge is -2.26. The molecule has 1 aliphatic rings. The summed E-state index contributed by atoms with van der Waals surface area (Å²) in [5.74, 6) is -0.0768. The van der Waals surface area contributed by atoms with Gasteiger partial charge in [0.2, 0.25) is 15.9 Å². The molecule has 0 radical (unpaired) electrons. The Morgan fingerprint density at radius 2 is 2.05 bits per heavy atom. The van der Waals surface area contributed by atoms with Crippen LogP contribution in [0.2, 0.25) is 5.02 Å². The van der Waals surface area contributed by atoms with E-state index in [-0.39, 0.29) is 23.8 Å². The van der Waals surface area contributed by atoms with Crippen LogP contribution < -0.4 is 4.72 Å².